The minimum absolute atomic E-state index is 0.126. The summed E-state index contributed by atoms with van der Waals surface area (Å²) in [5.74, 6) is 0.126. The number of aldehydes is 1. The molecule has 3 rings (SSSR count). The number of rotatable bonds is 2. The van der Waals surface area contributed by atoms with Crippen molar-refractivity contribution in [3.63, 3.8) is 0 Å². The number of nitrogens with one attached hydrogen (secondary N) is 1. The van der Waals surface area contributed by atoms with Gasteiger partial charge in [0.05, 0.1) is 5.69 Å². The summed E-state index contributed by atoms with van der Waals surface area (Å²) < 4.78 is 1.43. The van der Waals surface area contributed by atoms with E-state index in [0.717, 1.165) is 0 Å². The van der Waals surface area contributed by atoms with E-state index in [-0.39, 0.29) is 11.3 Å². The Morgan fingerprint density at radius 1 is 1.25 bits per heavy atom. The van der Waals surface area contributed by atoms with Crippen molar-refractivity contribution in [2.24, 2.45) is 7.05 Å². The first-order valence-electron chi connectivity index (χ1n) is 6.07. The van der Waals surface area contributed by atoms with E-state index < -0.39 is 0 Å². The van der Waals surface area contributed by atoms with Gasteiger partial charge < -0.3 is 14.7 Å². The van der Waals surface area contributed by atoms with Gasteiger partial charge in [0, 0.05) is 29.8 Å². The van der Waals surface area contributed by atoms with E-state index in [9.17, 15) is 14.7 Å². The third-order valence-electron chi connectivity index (χ3n) is 3.31. The van der Waals surface area contributed by atoms with Crippen LogP contribution < -0.4 is 5.56 Å². The van der Waals surface area contributed by atoms with E-state index in [4.69, 9.17) is 0 Å². The quantitative estimate of drug-likeness (QED) is 0.698. The molecule has 0 atom stereocenters. The number of nitrogens with zero attached hydrogens (tertiary/aromatic N) is 1. The molecule has 0 unspecified atom stereocenters. The number of fused-ring (bicyclic) bond motifs is 1. The number of carbonyl (C=O) groups is 1. The van der Waals surface area contributed by atoms with Gasteiger partial charge in [-0.05, 0) is 12.1 Å². The first-order chi connectivity index (χ1) is 9.61. The molecule has 0 aliphatic carbocycles. The monoisotopic (exact) mass is 268 g/mol. The number of pyridine rings is 1. The Morgan fingerprint density at radius 3 is 2.70 bits per heavy atom. The van der Waals surface area contributed by atoms with Crippen LogP contribution in [0.15, 0.2) is 41.3 Å². The smallest absolute Gasteiger partial charge is 0.274 e. The van der Waals surface area contributed by atoms with Crippen LogP contribution >= 0.6 is 0 Å². The number of phenols is 1. The summed E-state index contributed by atoms with van der Waals surface area (Å²) in [6, 6.07) is 8.50. The van der Waals surface area contributed by atoms with Crippen molar-refractivity contribution in [1.82, 2.24) is 9.55 Å². The Hall–Kier alpha value is -2.82. The molecule has 20 heavy (non-hydrogen) atoms. The highest BCUT2D eigenvalue weighted by Gasteiger charge is 2.14. The SMILES string of the molecule is Cn1cc(-c2ccccc2O)c2cc(C=O)[nH]c2c1=O. The Labute approximate surface area is 114 Å². The summed E-state index contributed by atoms with van der Waals surface area (Å²) in [7, 11) is 1.63. The number of benzene rings is 1. The molecule has 3 aromatic rings. The van der Waals surface area contributed by atoms with E-state index in [1.807, 2.05) is 0 Å². The van der Waals surface area contributed by atoms with E-state index in [1.54, 1.807) is 43.6 Å². The summed E-state index contributed by atoms with van der Waals surface area (Å²) in [4.78, 5) is 25.8. The minimum atomic E-state index is -0.215. The van der Waals surface area contributed by atoms with Gasteiger partial charge in [0.15, 0.2) is 6.29 Å². The molecule has 0 saturated carbocycles. The number of aromatic amines is 1. The second-order valence-corrected chi connectivity index (χ2v) is 4.61. The molecule has 2 heterocycles. The first kappa shape index (κ1) is 12.2. The average molecular weight is 268 g/mol. The van der Waals surface area contributed by atoms with Crippen LogP contribution in [0.2, 0.25) is 0 Å². The first-order valence-corrected chi connectivity index (χ1v) is 6.07. The molecule has 0 spiro atoms. The van der Waals surface area contributed by atoms with Gasteiger partial charge in [-0.15, -0.1) is 0 Å². The van der Waals surface area contributed by atoms with Crippen LogP contribution in [0.3, 0.4) is 0 Å². The lowest BCUT2D eigenvalue weighted by atomic mass is 10.0. The number of phenolic OH excluding ortho intramolecular Hbond substituents is 1. The Morgan fingerprint density at radius 2 is 2.00 bits per heavy atom. The molecular weight excluding hydrogens is 256 g/mol. The van der Waals surface area contributed by atoms with Gasteiger partial charge in [-0.2, -0.15) is 0 Å². The van der Waals surface area contributed by atoms with Crippen molar-refractivity contribution in [1.29, 1.82) is 0 Å². The summed E-state index contributed by atoms with van der Waals surface area (Å²) >= 11 is 0. The second-order valence-electron chi connectivity index (χ2n) is 4.61. The Kier molecular flexibility index (Phi) is 2.68. The van der Waals surface area contributed by atoms with Gasteiger partial charge in [-0.3, -0.25) is 9.59 Å². The predicted octanol–water partition coefficient (Wildman–Crippen LogP) is 2.05. The summed E-state index contributed by atoms with van der Waals surface area (Å²) in [5, 5.41) is 10.6. The molecule has 0 aliphatic rings. The van der Waals surface area contributed by atoms with Crippen molar-refractivity contribution in [3.05, 3.63) is 52.6 Å². The molecule has 2 aromatic heterocycles. The van der Waals surface area contributed by atoms with E-state index in [0.29, 0.717) is 34.0 Å². The van der Waals surface area contributed by atoms with Crippen molar-refractivity contribution in [2.75, 3.05) is 0 Å². The summed E-state index contributed by atoms with van der Waals surface area (Å²) in [6.07, 6.45) is 2.32. The Balaban J connectivity index is 2.45. The van der Waals surface area contributed by atoms with Crippen molar-refractivity contribution < 1.29 is 9.90 Å². The summed E-state index contributed by atoms with van der Waals surface area (Å²) in [6.45, 7) is 0. The number of aromatic hydroxyl groups is 1. The molecule has 0 saturated heterocycles. The Bertz CT molecular complexity index is 874. The molecule has 0 radical (unpaired) electrons. The van der Waals surface area contributed by atoms with E-state index in [2.05, 4.69) is 4.98 Å². The molecule has 2 N–H and O–H groups in total. The molecule has 0 fully saturated rings. The fourth-order valence-corrected chi connectivity index (χ4v) is 2.33. The maximum atomic E-state index is 12.1. The highest BCUT2D eigenvalue weighted by atomic mass is 16.3. The maximum Gasteiger partial charge on any atom is 0.274 e. The molecular formula is C15H12N2O3. The molecule has 1 aromatic carbocycles. The van der Waals surface area contributed by atoms with Gasteiger partial charge in [0.25, 0.3) is 5.56 Å². The van der Waals surface area contributed by atoms with Gasteiger partial charge in [0.1, 0.15) is 11.3 Å². The van der Waals surface area contributed by atoms with Crippen LogP contribution in [0, 0.1) is 0 Å². The maximum absolute atomic E-state index is 12.1. The molecule has 100 valence electrons. The van der Waals surface area contributed by atoms with Crippen LogP contribution in [-0.4, -0.2) is 20.9 Å². The highest BCUT2D eigenvalue weighted by Crippen LogP contribution is 2.33. The minimum Gasteiger partial charge on any atom is -0.507 e. The van der Waals surface area contributed by atoms with Gasteiger partial charge in [-0.1, -0.05) is 18.2 Å². The van der Waals surface area contributed by atoms with Gasteiger partial charge in [0.2, 0.25) is 0 Å². The van der Waals surface area contributed by atoms with Crippen LogP contribution in [0.25, 0.3) is 22.0 Å². The molecule has 5 heteroatoms. The average Bonchev–Trinajstić information content (AvgIpc) is 2.88. The predicted molar refractivity (Wildman–Crippen MR) is 76.0 cm³/mol. The van der Waals surface area contributed by atoms with Gasteiger partial charge >= 0.3 is 0 Å². The number of carbonyl (C=O) groups excluding carboxylic acids is 1. The number of aryl methyl sites for hydroxylation is 1. The van der Waals surface area contributed by atoms with Crippen molar-refractivity contribution in [3.8, 4) is 16.9 Å². The molecule has 0 amide bonds. The lowest BCUT2D eigenvalue weighted by Gasteiger charge is -2.08. The standard InChI is InChI=1S/C15H12N2O3/c1-17-7-12(10-4-2-3-5-13(10)19)11-6-9(8-18)16-14(11)15(17)20/h2-8,16,19H,1H3. The lowest BCUT2D eigenvalue weighted by molar-refractivity contribution is 0.112. The molecule has 0 aliphatic heterocycles. The molecule has 0 bridgehead atoms. The second kappa shape index (κ2) is 4.38. The number of hydrogen-bond acceptors (Lipinski definition) is 3. The zero-order valence-electron chi connectivity index (χ0n) is 10.8. The zero-order valence-corrected chi connectivity index (χ0v) is 10.8. The fraction of sp³-hybridized carbons (Fsp3) is 0.0667. The number of hydrogen-bond donors (Lipinski definition) is 2. The third kappa shape index (κ3) is 1.72. The largest absolute Gasteiger partial charge is 0.507 e. The highest BCUT2D eigenvalue weighted by molar-refractivity contribution is 5.98. The fourth-order valence-electron chi connectivity index (χ4n) is 2.33. The van der Waals surface area contributed by atoms with Crippen LogP contribution in [0.5, 0.6) is 5.75 Å². The lowest BCUT2D eigenvalue weighted by Crippen LogP contribution is -2.16. The van der Waals surface area contributed by atoms with Gasteiger partial charge in [-0.25, -0.2) is 0 Å². The third-order valence-corrected chi connectivity index (χ3v) is 3.31. The van der Waals surface area contributed by atoms with Crippen LogP contribution in [-0.2, 0) is 7.05 Å². The van der Waals surface area contributed by atoms with E-state index >= 15 is 0 Å². The normalized spacial score (nSPS) is 10.8. The van der Waals surface area contributed by atoms with Crippen LogP contribution in [0.4, 0.5) is 0 Å². The topological polar surface area (TPSA) is 75.1 Å². The van der Waals surface area contributed by atoms with Crippen molar-refractivity contribution >= 4 is 17.2 Å². The molecule has 5 nitrogen and oxygen atoms in total. The summed E-state index contributed by atoms with van der Waals surface area (Å²) in [5.41, 5.74) is 1.79. The number of H-pyrrole nitrogens is 1. The van der Waals surface area contributed by atoms with Crippen molar-refractivity contribution in [2.45, 2.75) is 0 Å². The van der Waals surface area contributed by atoms with E-state index in [1.165, 1.54) is 4.57 Å². The van der Waals surface area contributed by atoms with Crippen LogP contribution in [0.1, 0.15) is 10.5 Å². The number of aromatic nitrogens is 2. The number of para-hydroxylation sites is 1. The zero-order chi connectivity index (χ0) is 14.3.